The fourth-order valence-electron chi connectivity index (χ4n) is 1.93. The summed E-state index contributed by atoms with van der Waals surface area (Å²) in [5.41, 5.74) is 0.263. The second-order valence-electron chi connectivity index (χ2n) is 4.13. The van der Waals surface area contributed by atoms with Gasteiger partial charge < -0.3 is 15.7 Å². The maximum Gasteiger partial charge on any atom is 0.337 e. The summed E-state index contributed by atoms with van der Waals surface area (Å²) in [6, 6.07) is 4.12. The van der Waals surface area contributed by atoms with E-state index < -0.39 is 5.97 Å². The fraction of sp³-hybridized carbons (Fsp3) is 0.333. The molecule has 2 rings (SSSR count). The average Bonchev–Trinajstić information content (AvgIpc) is 2.84. The zero-order valence-corrected chi connectivity index (χ0v) is 10.3. The Morgan fingerprint density at radius 2 is 2.22 bits per heavy atom. The molecule has 0 bridgehead atoms. The first kappa shape index (κ1) is 12.9. The van der Waals surface area contributed by atoms with Crippen molar-refractivity contribution in [3.05, 3.63) is 28.8 Å². The Bertz CT molecular complexity index is 484. The van der Waals surface area contributed by atoms with Gasteiger partial charge in [0, 0.05) is 5.02 Å². The highest BCUT2D eigenvalue weighted by molar-refractivity contribution is 6.31. The number of amides is 1. The number of nitrogens with one attached hydrogen (secondary N) is 2. The zero-order chi connectivity index (χ0) is 13.1. The van der Waals surface area contributed by atoms with Gasteiger partial charge in [-0.25, -0.2) is 4.79 Å². The molecule has 96 valence electrons. The number of carbonyl (C=O) groups excluding carboxylic acids is 1. The third-order valence-electron chi connectivity index (χ3n) is 2.85. The van der Waals surface area contributed by atoms with E-state index >= 15 is 0 Å². The van der Waals surface area contributed by atoms with Crippen molar-refractivity contribution in [2.75, 3.05) is 11.9 Å². The van der Waals surface area contributed by atoms with Crippen LogP contribution in [0.4, 0.5) is 5.69 Å². The topological polar surface area (TPSA) is 78.4 Å². The lowest BCUT2D eigenvalue weighted by Gasteiger charge is -2.13. The van der Waals surface area contributed by atoms with Gasteiger partial charge in [-0.15, -0.1) is 0 Å². The van der Waals surface area contributed by atoms with Crippen LogP contribution >= 0.6 is 11.6 Å². The van der Waals surface area contributed by atoms with E-state index in [1.54, 1.807) is 6.07 Å². The molecule has 6 heteroatoms. The van der Waals surface area contributed by atoms with E-state index in [1.807, 2.05) is 0 Å². The molecule has 0 saturated carbocycles. The number of carboxylic acid groups (broad SMARTS) is 1. The number of carbonyl (C=O) groups is 2. The van der Waals surface area contributed by atoms with Gasteiger partial charge in [-0.1, -0.05) is 11.6 Å². The van der Waals surface area contributed by atoms with Gasteiger partial charge in [0.2, 0.25) is 5.91 Å². The monoisotopic (exact) mass is 268 g/mol. The Balaban J connectivity index is 2.17. The fourth-order valence-corrected chi connectivity index (χ4v) is 2.10. The zero-order valence-electron chi connectivity index (χ0n) is 9.57. The molecule has 1 saturated heterocycles. The van der Waals surface area contributed by atoms with Crippen LogP contribution in [0.25, 0.3) is 0 Å². The van der Waals surface area contributed by atoms with Crippen LogP contribution in [0.15, 0.2) is 18.2 Å². The Hall–Kier alpha value is -1.59. The van der Waals surface area contributed by atoms with Crippen LogP contribution in [-0.4, -0.2) is 29.6 Å². The second kappa shape index (κ2) is 5.37. The molecule has 5 nitrogen and oxygen atoms in total. The van der Waals surface area contributed by atoms with Gasteiger partial charge in [-0.3, -0.25) is 4.79 Å². The minimum atomic E-state index is -1.12. The molecule has 18 heavy (non-hydrogen) atoms. The first-order valence-electron chi connectivity index (χ1n) is 5.65. The molecule has 1 aromatic carbocycles. The summed E-state index contributed by atoms with van der Waals surface area (Å²) in [5.74, 6) is -1.33. The summed E-state index contributed by atoms with van der Waals surface area (Å²) in [7, 11) is 0. The highest BCUT2D eigenvalue weighted by atomic mass is 35.5. The highest BCUT2D eigenvalue weighted by Crippen LogP contribution is 2.21. The molecule has 3 N–H and O–H groups in total. The van der Waals surface area contributed by atoms with Crippen LogP contribution in [0.3, 0.4) is 0 Å². The molecule has 0 radical (unpaired) electrons. The van der Waals surface area contributed by atoms with Crippen LogP contribution in [0.5, 0.6) is 0 Å². The van der Waals surface area contributed by atoms with Crippen molar-refractivity contribution < 1.29 is 14.7 Å². The van der Waals surface area contributed by atoms with E-state index in [1.165, 1.54) is 12.1 Å². The predicted octanol–water partition coefficient (Wildman–Crippen LogP) is 1.73. The summed E-state index contributed by atoms with van der Waals surface area (Å²) < 4.78 is 0. The van der Waals surface area contributed by atoms with Gasteiger partial charge >= 0.3 is 5.97 Å². The van der Waals surface area contributed by atoms with E-state index in [-0.39, 0.29) is 23.2 Å². The molecular formula is C12H13ClN2O3. The lowest BCUT2D eigenvalue weighted by molar-refractivity contribution is -0.117. The van der Waals surface area contributed by atoms with Gasteiger partial charge in [0.05, 0.1) is 17.3 Å². The van der Waals surface area contributed by atoms with Gasteiger partial charge in [0.1, 0.15) is 0 Å². The molecule has 0 aromatic heterocycles. The molecule has 0 unspecified atom stereocenters. The number of halogens is 1. The van der Waals surface area contributed by atoms with Crippen LogP contribution in [0.2, 0.25) is 5.02 Å². The minimum Gasteiger partial charge on any atom is -0.478 e. The highest BCUT2D eigenvalue weighted by Gasteiger charge is 2.23. The Morgan fingerprint density at radius 3 is 2.83 bits per heavy atom. The Labute approximate surface area is 109 Å². The number of hydrogen-bond acceptors (Lipinski definition) is 3. The predicted molar refractivity (Wildman–Crippen MR) is 68.1 cm³/mol. The number of hydrogen-bond donors (Lipinski definition) is 3. The van der Waals surface area contributed by atoms with Gasteiger partial charge in [-0.05, 0) is 37.6 Å². The van der Waals surface area contributed by atoms with E-state index in [9.17, 15) is 9.59 Å². The molecule has 0 aliphatic carbocycles. The molecule has 1 aliphatic heterocycles. The maximum absolute atomic E-state index is 11.9. The third kappa shape index (κ3) is 2.80. The minimum absolute atomic E-state index is 0.00570. The molecule has 1 aliphatic rings. The number of rotatable bonds is 3. The van der Waals surface area contributed by atoms with Gasteiger partial charge in [0.25, 0.3) is 0 Å². The standard InChI is InChI=1S/C12H13ClN2O3/c13-7-3-4-9(8(6-7)12(17)18)15-11(16)10-2-1-5-14-10/h3-4,6,10,14H,1-2,5H2,(H,15,16)(H,17,18)/t10-/m1/s1. The second-order valence-corrected chi connectivity index (χ2v) is 4.57. The SMILES string of the molecule is O=C(O)c1cc(Cl)ccc1NC(=O)[C@H]1CCCN1. The number of anilines is 1. The van der Waals surface area contributed by atoms with Crippen LogP contribution in [0, 0.1) is 0 Å². The summed E-state index contributed by atoms with van der Waals surface area (Å²) >= 11 is 5.74. The van der Waals surface area contributed by atoms with E-state index in [0.29, 0.717) is 5.02 Å². The summed E-state index contributed by atoms with van der Waals surface area (Å²) in [4.78, 5) is 22.9. The number of carboxylic acids is 1. The lowest BCUT2D eigenvalue weighted by Crippen LogP contribution is -2.35. The van der Waals surface area contributed by atoms with Crippen molar-refractivity contribution >= 4 is 29.2 Å². The molecule has 1 aromatic rings. The first-order valence-corrected chi connectivity index (χ1v) is 6.03. The van der Waals surface area contributed by atoms with Crippen LogP contribution in [-0.2, 0) is 4.79 Å². The molecule has 1 atom stereocenters. The maximum atomic E-state index is 11.9. The quantitative estimate of drug-likeness (QED) is 0.780. The molecule has 1 fully saturated rings. The van der Waals surface area contributed by atoms with Crippen LogP contribution < -0.4 is 10.6 Å². The average molecular weight is 269 g/mol. The Morgan fingerprint density at radius 1 is 1.44 bits per heavy atom. The van der Waals surface area contributed by atoms with Crippen molar-refractivity contribution in [2.45, 2.75) is 18.9 Å². The molecule has 0 spiro atoms. The first-order chi connectivity index (χ1) is 8.58. The molecular weight excluding hydrogens is 256 g/mol. The van der Waals surface area contributed by atoms with Crippen molar-refractivity contribution in [1.82, 2.24) is 5.32 Å². The van der Waals surface area contributed by atoms with Gasteiger partial charge in [0.15, 0.2) is 0 Å². The number of aromatic carboxylic acids is 1. The largest absolute Gasteiger partial charge is 0.478 e. The van der Waals surface area contributed by atoms with E-state index in [0.717, 1.165) is 19.4 Å². The van der Waals surface area contributed by atoms with Crippen molar-refractivity contribution in [3.63, 3.8) is 0 Å². The smallest absolute Gasteiger partial charge is 0.337 e. The molecule has 1 amide bonds. The van der Waals surface area contributed by atoms with Crippen LogP contribution in [0.1, 0.15) is 23.2 Å². The summed E-state index contributed by atoms with van der Waals surface area (Å²) in [6.07, 6.45) is 1.71. The van der Waals surface area contributed by atoms with Crippen molar-refractivity contribution in [1.29, 1.82) is 0 Å². The van der Waals surface area contributed by atoms with E-state index in [2.05, 4.69) is 10.6 Å². The Kier molecular flexibility index (Phi) is 3.84. The number of benzene rings is 1. The van der Waals surface area contributed by atoms with Crippen molar-refractivity contribution in [2.24, 2.45) is 0 Å². The summed E-state index contributed by atoms with van der Waals surface area (Å²) in [6.45, 7) is 0.810. The normalized spacial score (nSPS) is 18.6. The van der Waals surface area contributed by atoms with E-state index in [4.69, 9.17) is 16.7 Å². The third-order valence-corrected chi connectivity index (χ3v) is 3.08. The van der Waals surface area contributed by atoms with Gasteiger partial charge in [-0.2, -0.15) is 0 Å². The lowest BCUT2D eigenvalue weighted by atomic mass is 10.1. The summed E-state index contributed by atoms with van der Waals surface area (Å²) in [5, 5.41) is 15.0. The molecule has 1 heterocycles. The van der Waals surface area contributed by atoms with Crippen molar-refractivity contribution in [3.8, 4) is 0 Å².